The number of aliphatic hydroxyl groups is 1. The lowest BCUT2D eigenvalue weighted by atomic mass is 10.0. The summed E-state index contributed by atoms with van der Waals surface area (Å²) in [5, 5.41) is 13.4. The van der Waals surface area contributed by atoms with Gasteiger partial charge in [0.05, 0.1) is 0 Å². The van der Waals surface area contributed by atoms with Gasteiger partial charge in [-0.25, -0.2) is 4.98 Å². The molecule has 0 saturated heterocycles. The molecule has 2 aromatic rings. The van der Waals surface area contributed by atoms with Gasteiger partial charge < -0.3 is 10.4 Å². The van der Waals surface area contributed by atoms with Crippen molar-refractivity contribution in [2.75, 3.05) is 18.5 Å². The van der Waals surface area contributed by atoms with Crippen LogP contribution in [-0.2, 0) is 6.42 Å². The van der Waals surface area contributed by atoms with Crippen LogP contribution in [0.2, 0.25) is 0 Å². The fourth-order valence-corrected chi connectivity index (χ4v) is 2.20. The van der Waals surface area contributed by atoms with Gasteiger partial charge in [0.2, 0.25) is 5.13 Å². The standard InChI is InChI=1S/C12H16N4OS/c1-9-15-12(18-16-9)14-7-10(8-17)6-11-4-2-3-5-13-11/h2-5,10,17H,6-8H2,1H3,(H,14,15,16). The van der Waals surface area contributed by atoms with Crippen LogP contribution in [0.3, 0.4) is 0 Å². The molecule has 6 heteroatoms. The quantitative estimate of drug-likeness (QED) is 0.827. The average molecular weight is 264 g/mol. The highest BCUT2D eigenvalue weighted by Gasteiger charge is 2.10. The van der Waals surface area contributed by atoms with E-state index in [0.717, 1.165) is 23.1 Å². The molecule has 2 aromatic heterocycles. The van der Waals surface area contributed by atoms with Crippen LogP contribution in [0, 0.1) is 12.8 Å². The average Bonchev–Trinajstić information content (AvgIpc) is 2.81. The molecule has 2 rings (SSSR count). The van der Waals surface area contributed by atoms with Crippen LogP contribution in [0.5, 0.6) is 0 Å². The zero-order valence-electron chi connectivity index (χ0n) is 10.2. The number of hydrogen-bond acceptors (Lipinski definition) is 6. The molecule has 2 N–H and O–H groups in total. The fraction of sp³-hybridized carbons (Fsp3) is 0.417. The molecule has 0 spiro atoms. The molecule has 5 nitrogen and oxygen atoms in total. The predicted octanol–water partition coefficient (Wildman–Crippen LogP) is 1.50. The van der Waals surface area contributed by atoms with E-state index in [1.54, 1.807) is 6.20 Å². The molecule has 1 atom stereocenters. The summed E-state index contributed by atoms with van der Waals surface area (Å²) >= 11 is 1.34. The second-order valence-corrected chi connectivity index (χ2v) is 4.85. The van der Waals surface area contributed by atoms with E-state index in [-0.39, 0.29) is 12.5 Å². The van der Waals surface area contributed by atoms with Crippen molar-refractivity contribution in [1.82, 2.24) is 14.3 Å². The summed E-state index contributed by atoms with van der Waals surface area (Å²) in [6.07, 6.45) is 2.52. The Balaban J connectivity index is 1.86. The summed E-state index contributed by atoms with van der Waals surface area (Å²) in [4.78, 5) is 8.48. The van der Waals surface area contributed by atoms with E-state index in [1.807, 2.05) is 25.1 Å². The van der Waals surface area contributed by atoms with E-state index in [2.05, 4.69) is 19.7 Å². The van der Waals surface area contributed by atoms with Gasteiger partial charge >= 0.3 is 0 Å². The van der Waals surface area contributed by atoms with Crippen LogP contribution in [0.25, 0.3) is 0 Å². The van der Waals surface area contributed by atoms with E-state index in [4.69, 9.17) is 0 Å². The maximum Gasteiger partial charge on any atom is 0.202 e. The van der Waals surface area contributed by atoms with E-state index in [1.165, 1.54) is 11.5 Å². The smallest absolute Gasteiger partial charge is 0.202 e. The summed E-state index contributed by atoms with van der Waals surface area (Å²) in [7, 11) is 0. The Morgan fingerprint density at radius 3 is 2.94 bits per heavy atom. The highest BCUT2D eigenvalue weighted by atomic mass is 32.1. The van der Waals surface area contributed by atoms with Gasteiger partial charge in [0.25, 0.3) is 0 Å². The number of rotatable bonds is 6. The Morgan fingerprint density at radius 1 is 1.44 bits per heavy atom. The van der Waals surface area contributed by atoms with E-state index >= 15 is 0 Å². The molecule has 0 radical (unpaired) electrons. The van der Waals surface area contributed by atoms with E-state index in [0.29, 0.717) is 6.54 Å². The lowest BCUT2D eigenvalue weighted by Crippen LogP contribution is -2.20. The van der Waals surface area contributed by atoms with Crippen molar-refractivity contribution in [1.29, 1.82) is 0 Å². The summed E-state index contributed by atoms with van der Waals surface area (Å²) in [5.41, 5.74) is 0.992. The normalized spacial score (nSPS) is 12.3. The van der Waals surface area contributed by atoms with Crippen molar-refractivity contribution in [3.8, 4) is 0 Å². The highest BCUT2D eigenvalue weighted by Crippen LogP contribution is 2.12. The number of aryl methyl sites for hydroxylation is 1. The fourth-order valence-electron chi connectivity index (χ4n) is 1.62. The second kappa shape index (κ2) is 6.42. The zero-order chi connectivity index (χ0) is 12.8. The zero-order valence-corrected chi connectivity index (χ0v) is 11.0. The Morgan fingerprint density at radius 2 is 2.33 bits per heavy atom. The minimum atomic E-state index is 0.126. The molecule has 2 heterocycles. The summed E-state index contributed by atoms with van der Waals surface area (Å²) in [5.74, 6) is 0.900. The number of aliphatic hydroxyl groups excluding tert-OH is 1. The topological polar surface area (TPSA) is 70.9 Å². The van der Waals surface area contributed by atoms with Gasteiger partial charge in [-0.2, -0.15) is 4.37 Å². The number of pyridine rings is 1. The molecule has 0 bridgehead atoms. The molecule has 18 heavy (non-hydrogen) atoms. The van der Waals surface area contributed by atoms with Crippen molar-refractivity contribution in [3.63, 3.8) is 0 Å². The lowest BCUT2D eigenvalue weighted by molar-refractivity contribution is 0.232. The number of nitrogens with zero attached hydrogens (tertiary/aromatic N) is 3. The van der Waals surface area contributed by atoms with Crippen LogP contribution < -0.4 is 5.32 Å². The van der Waals surface area contributed by atoms with Crippen molar-refractivity contribution in [2.24, 2.45) is 5.92 Å². The number of hydrogen-bond donors (Lipinski definition) is 2. The van der Waals surface area contributed by atoms with Gasteiger partial charge in [-0.05, 0) is 25.5 Å². The molecular formula is C12H16N4OS. The Bertz CT molecular complexity index is 474. The van der Waals surface area contributed by atoms with Crippen molar-refractivity contribution in [2.45, 2.75) is 13.3 Å². The van der Waals surface area contributed by atoms with Crippen LogP contribution in [0.4, 0.5) is 5.13 Å². The van der Waals surface area contributed by atoms with Crippen LogP contribution in [-0.4, -0.2) is 32.6 Å². The number of nitrogens with one attached hydrogen (secondary N) is 1. The molecule has 0 aliphatic heterocycles. The largest absolute Gasteiger partial charge is 0.396 e. The van der Waals surface area contributed by atoms with Gasteiger partial charge in [-0.15, -0.1) is 0 Å². The maximum atomic E-state index is 9.37. The third-order valence-electron chi connectivity index (χ3n) is 2.55. The van der Waals surface area contributed by atoms with Gasteiger partial charge in [-0.3, -0.25) is 4.98 Å². The SMILES string of the molecule is Cc1nsc(NCC(CO)Cc2ccccn2)n1. The molecule has 0 aliphatic carbocycles. The molecule has 0 fully saturated rings. The van der Waals surface area contributed by atoms with Crippen molar-refractivity contribution < 1.29 is 5.11 Å². The third kappa shape index (κ3) is 3.75. The Hall–Kier alpha value is -1.53. The number of aromatic nitrogens is 3. The minimum Gasteiger partial charge on any atom is -0.396 e. The second-order valence-electron chi connectivity index (χ2n) is 4.10. The van der Waals surface area contributed by atoms with Crippen molar-refractivity contribution >= 4 is 16.7 Å². The minimum absolute atomic E-state index is 0.126. The molecule has 0 amide bonds. The summed E-state index contributed by atoms with van der Waals surface area (Å²) in [6.45, 7) is 2.65. The first-order valence-electron chi connectivity index (χ1n) is 5.83. The maximum absolute atomic E-state index is 9.37. The van der Waals surface area contributed by atoms with Gasteiger partial charge in [0, 0.05) is 42.5 Å². The lowest BCUT2D eigenvalue weighted by Gasteiger charge is -2.13. The van der Waals surface area contributed by atoms with Crippen LogP contribution >= 0.6 is 11.5 Å². The first kappa shape index (κ1) is 12.9. The van der Waals surface area contributed by atoms with Crippen LogP contribution in [0.1, 0.15) is 11.5 Å². The molecule has 0 aromatic carbocycles. The molecule has 96 valence electrons. The first-order chi connectivity index (χ1) is 8.78. The Labute approximate surface area is 110 Å². The monoisotopic (exact) mass is 264 g/mol. The summed E-state index contributed by atoms with van der Waals surface area (Å²) < 4.78 is 4.10. The van der Waals surface area contributed by atoms with Crippen molar-refractivity contribution in [3.05, 3.63) is 35.9 Å². The van der Waals surface area contributed by atoms with Crippen LogP contribution in [0.15, 0.2) is 24.4 Å². The van der Waals surface area contributed by atoms with Gasteiger partial charge in [-0.1, -0.05) is 6.07 Å². The first-order valence-corrected chi connectivity index (χ1v) is 6.60. The molecule has 0 aliphatic rings. The van der Waals surface area contributed by atoms with E-state index in [9.17, 15) is 5.11 Å². The predicted molar refractivity (Wildman–Crippen MR) is 71.7 cm³/mol. The van der Waals surface area contributed by atoms with E-state index < -0.39 is 0 Å². The van der Waals surface area contributed by atoms with Gasteiger partial charge in [0.1, 0.15) is 5.82 Å². The summed E-state index contributed by atoms with van der Waals surface area (Å²) in [6, 6.07) is 5.82. The molecule has 0 saturated carbocycles. The number of anilines is 1. The van der Waals surface area contributed by atoms with Gasteiger partial charge in [0.15, 0.2) is 0 Å². The molecule has 1 unspecified atom stereocenters. The highest BCUT2D eigenvalue weighted by molar-refractivity contribution is 7.09. The molecular weight excluding hydrogens is 248 g/mol. The Kier molecular flexibility index (Phi) is 4.60. The third-order valence-corrected chi connectivity index (χ3v) is 3.32.